The molecule has 0 spiro atoms. The molecule has 0 saturated heterocycles. The molecule has 16 heavy (non-hydrogen) atoms. The van der Waals surface area contributed by atoms with Crippen LogP contribution < -0.4 is 0 Å². The van der Waals surface area contributed by atoms with Crippen LogP contribution in [0.15, 0.2) is 12.1 Å². The fourth-order valence-electron chi connectivity index (χ4n) is 2.65. The molecule has 0 heterocycles. The van der Waals surface area contributed by atoms with Crippen LogP contribution in [0.3, 0.4) is 0 Å². The van der Waals surface area contributed by atoms with Crippen molar-refractivity contribution in [1.29, 1.82) is 0 Å². The van der Waals surface area contributed by atoms with Gasteiger partial charge in [-0.2, -0.15) is 0 Å². The van der Waals surface area contributed by atoms with E-state index in [-0.39, 0.29) is 12.0 Å². The molecule has 90 valence electrons. The van der Waals surface area contributed by atoms with Gasteiger partial charge in [-0.3, -0.25) is 0 Å². The molecule has 0 bridgehead atoms. The summed E-state index contributed by atoms with van der Waals surface area (Å²) in [6.07, 6.45) is 1.70. The number of aryl methyl sites for hydroxylation is 3. The Hall–Kier alpha value is -0.820. The van der Waals surface area contributed by atoms with Crippen LogP contribution in [-0.2, 0) is 0 Å². The zero-order chi connectivity index (χ0) is 12.3. The molecule has 0 aliphatic carbocycles. The molecule has 1 rings (SSSR count). The van der Waals surface area contributed by atoms with Crippen molar-refractivity contribution in [3.8, 4) is 0 Å². The molecule has 1 aromatic carbocycles. The average Bonchev–Trinajstić information content (AvgIpc) is 2.16. The van der Waals surface area contributed by atoms with Gasteiger partial charge in [0.25, 0.3) is 0 Å². The fraction of sp³-hybridized carbons (Fsp3) is 0.600. The summed E-state index contributed by atoms with van der Waals surface area (Å²) in [6.45, 7) is 10.7. The Morgan fingerprint density at radius 2 is 1.62 bits per heavy atom. The Balaban J connectivity index is 3.03. The van der Waals surface area contributed by atoms with Crippen LogP contribution in [0.2, 0.25) is 0 Å². The maximum absolute atomic E-state index is 10.1. The van der Waals surface area contributed by atoms with Crippen molar-refractivity contribution in [2.75, 3.05) is 0 Å². The molecule has 2 unspecified atom stereocenters. The highest BCUT2D eigenvalue weighted by molar-refractivity contribution is 5.40. The molecule has 1 N–H and O–H groups in total. The average molecular weight is 220 g/mol. The monoisotopic (exact) mass is 220 g/mol. The molecular formula is C15H24O. The van der Waals surface area contributed by atoms with Crippen molar-refractivity contribution in [2.24, 2.45) is 0 Å². The van der Waals surface area contributed by atoms with Gasteiger partial charge in [0, 0.05) is 5.92 Å². The number of aliphatic hydroxyl groups is 1. The van der Waals surface area contributed by atoms with Crippen molar-refractivity contribution in [3.63, 3.8) is 0 Å². The quantitative estimate of drug-likeness (QED) is 0.816. The summed E-state index contributed by atoms with van der Waals surface area (Å²) in [5, 5.41) is 10.1. The first kappa shape index (κ1) is 13.2. The summed E-state index contributed by atoms with van der Waals surface area (Å²) in [4.78, 5) is 0. The van der Waals surface area contributed by atoms with E-state index in [4.69, 9.17) is 0 Å². The minimum absolute atomic E-state index is 0.217. The lowest BCUT2D eigenvalue weighted by atomic mass is 9.86. The SMILES string of the molecule is CCCC(O)C(C)c1c(C)cc(C)cc1C. The second-order valence-corrected chi connectivity index (χ2v) is 4.96. The fourth-order valence-corrected chi connectivity index (χ4v) is 2.65. The predicted molar refractivity (Wildman–Crippen MR) is 70.0 cm³/mol. The molecule has 0 aromatic heterocycles. The topological polar surface area (TPSA) is 20.2 Å². The third-order valence-corrected chi connectivity index (χ3v) is 3.35. The lowest BCUT2D eigenvalue weighted by Crippen LogP contribution is -2.17. The zero-order valence-corrected chi connectivity index (χ0v) is 11.2. The minimum atomic E-state index is -0.217. The first-order chi connectivity index (χ1) is 7.47. The molecule has 1 heteroatoms. The summed E-state index contributed by atoms with van der Waals surface area (Å²) in [6, 6.07) is 4.41. The van der Waals surface area contributed by atoms with Gasteiger partial charge in [-0.1, -0.05) is 38.0 Å². The Morgan fingerprint density at radius 1 is 1.12 bits per heavy atom. The third kappa shape index (κ3) is 2.85. The van der Waals surface area contributed by atoms with E-state index in [0.29, 0.717) is 0 Å². The van der Waals surface area contributed by atoms with Gasteiger partial charge in [0.05, 0.1) is 6.10 Å². The van der Waals surface area contributed by atoms with Gasteiger partial charge < -0.3 is 5.11 Å². The molecule has 1 nitrogen and oxygen atoms in total. The van der Waals surface area contributed by atoms with Crippen LogP contribution in [0.5, 0.6) is 0 Å². The van der Waals surface area contributed by atoms with E-state index in [1.54, 1.807) is 0 Å². The van der Waals surface area contributed by atoms with Gasteiger partial charge in [0.15, 0.2) is 0 Å². The van der Waals surface area contributed by atoms with Gasteiger partial charge in [-0.15, -0.1) is 0 Å². The lowest BCUT2D eigenvalue weighted by Gasteiger charge is -2.23. The van der Waals surface area contributed by atoms with Crippen LogP contribution >= 0.6 is 0 Å². The number of hydrogen-bond acceptors (Lipinski definition) is 1. The summed E-state index contributed by atoms with van der Waals surface area (Å²) in [5.74, 6) is 0.237. The zero-order valence-electron chi connectivity index (χ0n) is 11.2. The maximum Gasteiger partial charge on any atom is 0.0606 e. The number of aliphatic hydroxyl groups excluding tert-OH is 1. The van der Waals surface area contributed by atoms with Crippen molar-refractivity contribution in [1.82, 2.24) is 0 Å². The summed E-state index contributed by atoms with van der Waals surface area (Å²) >= 11 is 0. The van der Waals surface area contributed by atoms with Crippen LogP contribution in [0.4, 0.5) is 0 Å². The Morgan fingerprint density at radius 3 is 2.06 bits per heavy atom. The van der Waals surface area contributed by atoms with Gasteiger partial charge in [0.2, 0.25) is 0 Å². The molecule has 0 amide bonds. The highest BCUT2D eigenvalue weighted by Gasteiger charge is 2.19. The Bertz CT molecular complexity index is 331. The van der Waals surface area contributed by atoms with Crippen LogP contribution in [0.1, 0.15) is 54.9 Å². The third-order valence-electron chi connectivity index (χ3n) is 3.35. The largest absolute Gasteiger partial charge is 0.393 e. The highest BCUT2D eigenvalue weighted by atomic mass is 16.3. The smallest absolute Gasteiger partial charge is 0.0606 e. The molecule has 0 fully saturated rings. The molecule has 0 aliphatic heterocycles. The van der Waals surface area contributed by atoms with E-state index >= 15 is 0 Å². The standard InChI is InChI=1S/C15H24O/c1-6-7-14(16)13(5)15-11(3)8-10(2)9-12(15)4/h8-9,13-14,16H,6-7H2,1-5H3. The number of benzene rings is 1. The number of hydrogen-bond donors (Lipinski definition) is 1. The summed E-state index contributed by atoms with van der Waals surface area (Å²) in [7, 11) is 0. The number of rotatable bonds is 4. The van der Waals surface area contributed by atoms with Gasteiger partial charge in [0.1, 0.15) is 0 Å². The molecule has 0 saturated carbocycles. The van der Waals surface area contributed by atoms with E-state index < -0.39 is 0 Å². The van der Waals surface area contributed by atoms with Gasteiger partial charge >= 0.3 is 0 Å². The van der Waals surface area contributed by atoms with Gasteiger partial charge in [-0.05, 0) is 43.9 Å². The predicted octanol–water partition coefficient (Wildman–Crippen LogP) is 3.88. The summed E-state index contributed by atoms with van der Waals surface area (Å²) in [5.41, 5.74) is 5.24. The van der Waals surface area contributed by atoms with E-state index in [1.165, 1.54) is 22.3 Å². The van der Waals surface area contributed by atoms with Crippen LogP contribution in [0.25, 0.3) is 0 Å². The van der Waals surface area contributed by atoms with Crippen molar-refractivity contribution in [2.45, 2.75) is 59.5 Å². The Kier molecular flexibility index (Phi) is 4.55. The minimum Gasteiger partial charge on any atom is -0.393 e. The molecular weight excluding hydrogens is 196 g/mol. The Labute approximate surface area is 99.5 Å². The van der Waals surface area contributed by atoms with E-state index in [1.807, 2.05) is 0 Å². The first-order valence-corrected chi connectivity index (χ1v) is 6.23. The molecule has 0 aliphatic rings. The van der Waals surface area contributed by atoms with E-state index in [9.17, 15) is 5.11 Å². The van der Waals surface area contributed by atoms with Crippen LogP contribution in [0, 0.1) is 20.8 Å². The van der Waals surface area contributed by atoms with Crippen LogP contribution in [-0.4, -0.2) is 11.2 Å². The molecule has 0 radical (unpaired) electrons. The van der Waals surface area contributed by atoms with Crippen molar-refractivity contribution < 1.29 is 5.11 Å². The lowest BCUT2D eigenvalue weighted by molar-refractivity contribution is 0.138. The van der Waals surface area contributed by atoms with E-state index in [0.717, 1.165) is 12.8 Å². The second kappa shape index (κ2) is 5.49. The second-order valence-electron chi connectivity index (χ2n) is 4.96. The van der Waals surface area contributed by atoms with E-state index in [2.05, 4.69) is 46.8 Å². The first-order valence-electron chi connectivity index (χ1n) is 6.23. The van der Waals surface area contributed by atoms with Gasteiger partial charge in [-0.25, -0.2) is 0 Å². The molecule has 1 aromatic rings. The normalized spacial score (nSPS) is 14.9. The van der Waals surface area contributed by atoms with Crippen molar-refractivity contribution in [3.05, 3.63) is 34.4 Å². The molecule has 2 atom stereocenters. The maximum atomic E-state index is 10.1. The summed E-state index contributed by atoms with van der Waals surface area (Å²) < 4.78 is 0. The van der Waals surface area contributed by atoms with Crippen molar-refractivity contribution >= 4 is 0 Å². The highest BCUT2D eigenvalue weighted by Crippen LogP contribution is 2.28.